The van der Waals surface area contributed by atoms with Crippen molar-refractivity contribution in [2.24, 2.45) is 0 Å². The van der Waals surface area contributed by atoms with E-state index in [1.165, 1.54) is 26.4 Å². The van der Waals surface area contributed by atoms with E-state index in [9.17, 15) is 20.2 Å². The maximum Gasteiger partial charge on any atom is 0.272 e. The van der Waals surface area contributed by atoms with Crippen molar-refractivity contribution in [2.45, 2.75) is 0 Å². The first-order chi connectivity index (χ1) is 18.0. The number of nitro groups is 2. The van der Waals surface area contributed by atoms with Crippen LogP contribution in [0.2, 0.25) is 20.1 Å². The standard InChI is InChI=1S/C22H16Cl4N2O10/c1-33-9-35-13-7-18(37-20-14(23)3-11(27(29)30)4-15(20)24)22(36-10-34-2)19(8-13)38-21-16(25)5-12(28(31)32)6-17(21)26/h3-8H,9-10H2,1-2H3. The minimum atomic E-state index is -0.669. The summed E-state index contributed by atoms with van der Waals surface area (Å²) >= 11 is 24.8. The molecular weight excluding hydrogens is 594 g/mol. The highest BCUT2D eigenvalue weighted by Gasteiger charge is 2.24. The molecule has 0 heterocycles. The molecule has 0 spiro atoms. The molecule has 0 bridgehead atoms. The smallest absolute Gasteiger partial charge is 0.272 e. The fourth-order valence-corrected chi connectivity index (χ4v) is 4.00. The first kappa shape index (κ1) is 29.3. The second-order valence-corrected chi connectivity index (χ2v) is 8.67. The Morgan fingerprint density at radius 2 is 1.00 bits per heavy atom. The third-order valence-electron chi connectivity index (χ3n) is 4.47. The minimum absolute atomic E-state index is 0.0718. The van der Waals surface area contributed by atoms with Crippen molar-refractivity contribution < 1.29 is 38.3 Å². The Hall–Kier alpha value is -3.26. The lowest BCUT2D eigenvalue weighted by molar-refractivity contribution is -0.385. The number of hydrogen-bond acceptors (Lipinski definition) is 10. The first-order valence-electron chi connectivity index (χ1n) is 10.1. The molecule has 3 aromatic rings. The molecule has 3 rings (SSSR count). The lowest BCUT2D eigenvalue weighted by atomic mass is 10.2. The van der Waals surface area contributed by atoms with Gasteiger partial charge in [-0.2, -0.15) is 0 Å². The van der Waals surface area contributed by atoms with Crippen LogP contribution >= 0.6 is 46.4 Å². The molecule has 38 heavy (non-hydrogen) atoms. The van der Waals surface area contributed by atoms with Crippen LogP contribution in [0.25, 0.3) is 0 Å². The average Bonchev–Trinajstić information content (AvgIpc) is 2.85. The second kappa shape index (κ2) is 13.0. The summed E-state index contributed by atoms with van der Waals surface area (Å²) < 4.78 is 32.9. The van der Waals surface area contributed by atoms with Gasteiger partial charge in [-0.15, -0.1) is 0 Å². The van der Waals surface area contributed by atoms with Gasteiger partial charge in [-0.25, -0.2) is 0 Å². The summed E-state index contributed by atoms with van der Waals surface area (Å²) in [6.45, 7) is -0.455. The molecule has 16 heteroatoms. The lowest BCUT2D eigenvalue weighted by Gasteiger charge is -2.19. The molecule has 0 unspecified atom stereocenters. The molecule has 202 valence electrons. The van der Waals surface area contributed by atoms with Gasteiger partial charge in [-0.3, -0.25) is 20.2 Å². The van der Waals surface area contributed by atoms with Crippen molar-refractivity contribution in [3.63, 3.8) is 0 Å². The lowest BCUT2D eigenvalue weighted by Crippen LogP contribution is -2.05. The number of hydrogen-bond donors (Lipinski definition) is 0. The number of nitrogens with zero attached hydrogens (tertiary/aromatic N) is 2. The Morgan fingerprint density at radius 1 is 0.632 bits per heavy atom. The molecule has 12 nitrogen and oxygen atoms in total. The molecule has 0 aromatic heterocycles. The van der Waals surface area contributed by atoms with E-state index in [1.54, 1.807) is 0 Å². The fraction of sp³-hybridized carbons (Fsp3) is 0.182. The predicted octanol–water partition coefficient (Wildman–Crippen LogP) is 7.67. The Morgan fingerprint density at radius 3 is 1.34 bits per heavy atom. The third-order valence-corrected chi connectivity index (χ3v) is 5.59. The van der Waals surface area contributed by atoms with Gasteiger partial charge >= 0.3 is 0 Å². The van der Waals surface area contributed by atoms with Gasteiger partial charge in [0.1, 0.15) is 5.75 Å². The molecule has 0 radical (unpaired) electrons. The van der Waals surface area contributed by atoms with Gasteiger partial charge in [0.2, 0.25) is 5.75 Å². The van der Waals surface area contributed by atoms with Gasteiger partial charge in [-0.1, -0.05) is 46.4 Å². The highest BCUT2D eigenvalue weighted by Crippen LogP contribution is 2.50. The Balaban J connectivity index is 2.16. The van der Waals surface area contributed by atoms with Crippen molar-refractivity contribution in [2.75, 3.05) is 27.8 Å². The van der Waals surface area contributed by atoms with E-state index in [0.29, 0.717) is 0 Å². The van der Waals surface area contributed by atoms with Crippen molar-refractivity contribution in [3.8, 4) is 34.5 Å². The van der Waals surface area contributed by atoms with Crippen molar-refractivity contribution >= 4 is 57.8 Å². The number of rotatable bonds is 12. The number of benzene rings is 3. The van der Waals surface area contributed by atoms with Gasteiger partial charge in [0.15, 0.2) is 36.6 Å². The number of halogens is 4. The molecule has 0 saturated carbocycles. The molecule has 3 aromatic carbocycles. The van der Waals surface area contributed by atoms with Crippen LogP contribution in [0.15, 0.2) is 36.4 Å². The topological polar surface area (TPSA) is 142 Å². The summed E-state index contributed by atoms with van der Waals surface area (Å²) in [5, 5.41) is 21.6. The molecule has 0 aliphatic carbocycles. The summed E-state index contributed by atoms with van der Waals surface area (Å²) in [4.78, 5) is 20.9. The van der Waals surface area contributed by atoms with Crippen molar-refractivity contribution in [1.82, 2.24) is 0 Å². The van der Waals surface area contributed by atoms with Crippen LogP contribution in [0.3, 0.4) is 0 Å². The third kappa shape index (κ3) is 6.98. The molecule has 0 atom stereocenters. The van der Waals surface area contributed by atoms with Gasteiger partial charge in [-0.05, 0) is 0 Å². The SMILES string of the molecule is COCOc1cc(Oc2c(Cl)cc([N+](=O)[O-])cc2Cl)c(OCOC)c(Oc2c(Cl)cc([N+](=O)[O-])cc2Cl)c1. The Kier molecular flexibility index (Phi) is 10.0. The summed E-state index contributed by atoms with van der Waals surface area (Å²) in [5.41, 5.74) is -0.710. The van der Waals surface area contributed by atoms with Crippen LogP contribution in [0.1, 0.15) is 0 Å². The van der Waals surface area contributed by atoms with Crippen LogP contribution in [-0.4, -0.2) is 37.7 Å². The zero-order valence-corrected chi connectivity index (χ0v) is 22.4. The number of ether oxygens (including phenoxy) is 6. The summed E-state index contributed by atoms with van der Waals surface area (Å²) in [7, 11) is 2.77. The van der Waals surface area contributed by atoms with Gasteiger partial charge in [0.05, 0.1) is 29.9 Å². The minimum Gasteiger partial charge on any atom is -0.467 e. The number of methoxy groups -OCH3 is 2. The highest BCUT2D eigenvalue weighted by molar-refractivity contribution is 6.38. The van der Waals surface area contributed by atoms with E-state index in [1.807, 2.05) is 0 Å². The largest absolute Gasteiger partial charge is 0.467 e. The van der Waals surface area contributed by atoms with E-state index in [2.05, 4.69) is 0 Å². The molecule has 0 aliphatic rings. The molecule has 0 saturated heterocycles. The monoisotopic (exact) mass is 608 g/mol. The molecule has 0 N–H and O–H groups in total. The zero-order chi connectivity index (χ0) is 28.0. The quantitative estimate of drug-likeness (QED) is 0.114. The highest BCUT2D eigenvalue weighted by atomic mass is 35.5. The van der Waals surface area contributed by atoms with E-state index in [0.717, 1.165) is 24.3 Å². The first-order valence-corrected chi connectivity index (χ1v) is 11.6. The van der Waals surface area contributed by atoms with Crippen LogP contribution in [0.5, 0.6) is 34.5 Å². The van der Waals surface area contributed by atoms with E-state index in [4.69, 9.17) is 74.8 Å². The van der Waals surface area contributed by atoms with E-state index >= 15 is 0 Å². The van der Waals surface area contributed by atoms with Crippen LogP contribution in [0, 0.1) is 20.2 Å². The molecule has 0 fully saturated rings. The number of nitro benzene ring substituents is 2. The summed E-state index contributed by atoms with van der Waals surface area (Å²) in [5.74, 6) is -0.350. The second-order valence-electron chi connectivity index (χ2n) is 7.05. The van der Waals surface area contributed by atoms with Crippen molar-refractivity contribution in [3.05, 3.63) is 76.7 Å². The van der Waals surface area contributed by atoms with Crippen LogP contribution < -0.4 is 18.9 Å². The maximum absolute atomic E-state index is 11.1. The van der Waals surface area contributed by atoms with E-state index in [-0.39, 0.29) is 79.5 Å². The van der Waals surface area contributed by atoms with Gasteiger partial charge in [0.25, 0.3) is 11.4 Å². The van der Waals surface area contributed by atoms with Crippen LogP contribution in [-0.2, 0) is 9.47 Å². The van der Waals surface area contributed by atoms with Gasteiger partial charge < -0.3 is 28.4 Å². The van der Waals surface area contributed by atoms with Crippen molar-refractivity contribution in [1.29, 1.82) is 0 Å². The predicted molar refractivity (Wildman–Crippen MR) is 138 cm³/mol. The molecule has 0 amide bonds. The zero-order valence-electron chi connectivity index (χ0n) is 19.4. The maximum atomic E-state index is 11.1. The van der Waals surface area contributed by atoms with E-state index < -0.39 is 9.85 Å². The Labute approximate surface area is 234 Å². The number of non-ortho nitro benzene ring substituents is 2. The van der Waals surface area contributed by atoms with Crippen LogP contribution in [0.4, 0.5) is 11.4 Å². The van der Waals surface area contributed by atoms with Gasteiger partial charge in [0, 0.05) is 50.6 Å². The average molecular weight is 610 g/mol. The normalized spacial score (nSPS) is 10.7. The summed E-state index contributed by atoms with van der Waals surface area (Å²) in [6.07, 6.45) is 0. The Bertz CT molecular complexity index is 1230. The molecule has 0 aliphatic heterocycles. The fourth-order valence-electron chi connectivity index (χ4n) is 2.89. The molecular formula is C22H16Cl4N2O10. The summed E-state index contributed by atoms with van der Waals surface area (Å²) in [6, 6.07) is 6.97.